The quantitative estimate of drug-likeness (QED) is 0.302. The first-order chi connectivity index (χ1) is 16.1. The van der Waals surface area contributed by atoms with Crippen LogP contribution in [0, 0.1) is 17.8 Å². The molecular formula is C27H25ClN4O. The molecule has 1 fully saturated rings. The molecule has 1 saturated carbocycles. The first kappa shape index (κ1) is 21.5. The van der Waals surface area contributed by atoms with Crippen molar-refractivity contribution in [3.05, 3.63) is 71.8 Å². The number of benzene rings is 2. The van der Waals surface area contributed by atoms with E-state index in [0.29, 0.717) is 23.7 Å². The highest BCUT2D eigenvalue weighted by Gasteiger charge is 2.29. The molecule has 1 aliphatic rings. The summed E-state index contributed by atoms with van der Waals surface area (Å²) in [4.78, 5) is 22.7. The Morgan fingerprint density at radius 1 is 1.12 bits per heavy atom. The highest BCUT2D eigenvalue weighted by atomic mass is 35.5. The number of rotatable bonds is 4. The molecule has 5 rings (SSSR count). The summed E-state index contributed by atoms with van der Waals surface area (Å²) in [5, 5.41) is 3.69. The second-order valence-corrected chi connectivity index (χ2v) is 9.04. The van der Waals surface area contributed by atoms with E-state index in [1.807, 2.05) is 35.2 Å². The van der Waals surface area contributed by atoms with Crippen molar-refractivity contribution < 1.29 is 4.79 Å². The number of amides is 1. The van der Waals surface area contributed by atoms with Gasteiger partial charge in [0, 0.05) is 31.3 Å². The Morgan fingerprint density at radius 2 is 1.97 bits per heavy atom. The van der Waals surface area contributed by atoms with Gasteiger partial charge in [0.15, 0.2) is 0 Å². The zero-order valence-corrected chi connectivity index (χ0v) is 19.3. The number of fused-ring (bicyclic) bond motifs is 2. The van der Waals surface area contributed by atoms with Gasteiger partial charge in [-0.3, -0.25) is 4.79 Å². The molecule has 2 aromatic carbocycles. The molecule has 1 aliphatic carbocycles. The summed E-state index contributed by atoms with van der Waals surface area (Å²) in [5.41, 5.74) is 1.88. The van der Waals surface area contributed by atoms with E-state index in [-0.39, 0.29) is 5.91 Å². The first-order valence-electron chi connectivity index (χ1n) is 11.3. The van der Waals surface area contributed by atoms with E-state index in [4.69, 9.17) is 11.6 Å². The second-order valence-electron chi connectivity index (χ2n) is 8.69. The van der Waals surface area contributed by atoms with E-state index in [9.17, 15) is 4.79 Å². The van der Waals surface area contributed by atoms with Gasteiger partial charge in [0.25, 0.3) is 0 Å². The lowest BCUT2D eigenvalue weighted by molar-refractivity contribution is -0.128. The average Bonchev–Trinajstić information content (AvgIpc) is 3.46. The molecule has 0 radical (unpaired) electrons. The van der Waals surface area contributed by atoms with Crippen LogP contribution in [0.1, 0.15) is 37.8 Å². The summed E-state index contributed by atoms with van der Waals surface area (Å²) in [5.74, 6) is 7.02. The van der Waals surface area contributed by atoms with E-state index >= 15 is 0 Å². The lowest BCUT2D eigenvalue weighted by Crippen LogP contribution is -2.33. The molecular weight excluding hydrogens is 432 g/mol. The zero-order chi connectivity index (χ0) is 22.8. The number of hydrogen-bond acceptors (Lipinski definition) is 3. The zero-order valence-electron chi connectivity index (χ0n) is 18.5. The topological polar surface area (TPSA) is 51.0 Å². The van der Waals surface area contributed by atoms with Gasteiger partial charge >= 0.3 is 0 Å². The van der Waals surface area contributed by atoms with Crippen molar-refractivity contribution >= 4 is 39.3 Å². The van der Waals surface area contributed by atoms with Crippen LogP contribution in [-0.4, -0.2) is 38.4 Å². The first-order valence-corrected chi connectivity index (χ1v) is 11.7. The molecule has 1 amide bonds. The van der Waals surface area contributed by atoms with Crippen molar-refractivity contribution in [2.24, 2.45) is 5.92 Å². The minimum Gasteiger partial charge on any atom is -0.331 e. The van der Waals surface area contributed by atoms with Gasteiger partial charge in [-0.15, -0.1) is 0 Å². The maximum absolute atomic E-state index is 12.3. The Balaban J connectivity index is 1.26. The number of nitrogens with zero attached hydrogens (tertiary/aromatic N) is 4. The van der Waals surface area contributed by atoms with Crippen LogP contribution in [0.3, 0.4) is 0 Å². The number of aromatic nitrogens is 3. The number of hydrogen-bond donors (Lipinski definition) is 0. The third-order valence-electron chi connectivity index (χ3n) is 6.57. The molecule has 2 unspecified atom stereocenters. The number of carbonyl (C=O) groups is 1. The predicted molar refractivity (Wildman–Crippen MR) is 132 cm³/mol. The van der Waals surface area contributed by atoms with Crippen molar-refractivity contribution in [2.75, 3.05) is 13.1 Å². The summed E-state index contributed by atoms with van der Waals surface area (Å²) >= 11 is 6.21. The summed E-state index contributed by atoms with van der Waals surface area (Å²) in [6, 6.07) is 16.7. The largest absolute Gasteiger partial charge is 0.331 e. The minimum atomic E-state index is 0.0663. The Bertz CT molecular complexity index is 1380. The summed E-state index contributed by atoms with van der Waals surface area (Å²) in [6.45, 7) is 2.80. The molecule has 2 heterocycles. The van der Waals surface area contributed by atoms with Crippen molar-refractivity contribution in [3.63, 3.8) is 0 Å². The SMILES string of the molecule is CC(=O)N(CC#Cc1cccc2ccccc12)CC1CCC(n2ccc3c(Cl)ncnc32)C1. The second kappa shape index (κ2) is 9.25. The van der Waals surface area contributed by atoms with Gasteiger partial charge in [0.1, 0.15) is 17.1 Å². The standard InChI is InChI=1S/C27H25ClN4O/c1-19(33)31(14-5-9-22-8-4-7-21-6-2-3-10-24(21)22)17-20-11-12-23(16-20)32-15-13-25-26(28)29-18-30-27(25)32/h2-4,6-8,10,13,15,18,20,23H,11-12,14,16-17H2,1H3. The van der Waals surface area contributed by atoms with Gasteiger partial charge < -0.3 is 9.47 Å². The van der Waals surface area contributed by atoms with Gasteiger partial charge in [-0.1, -0.05) is 59.8 Å². The maximum Gasteiger partial charge on any atom is 0.220 e. The van der Waals surface area contributed by atoms with Crippen molar-refractivity contribution in [2.45, 2.75) is 32.2 Å². The predicted octanol–water partition coefficient (Wildman–Crippen LogP) is 5.48. The van der Waals surface area contributed by atoms with E-state index in [0.717, 1.165) is 47.8 Å². The Labute approximate surface area is 198 Å². The molecule has 0 N–H and O–H groups in total. The third-order valence-corrected chi connectivity index (χ3v) is 6.88. The molecule has 4 aromatic rings. The van der Waals surface area contributed by atoms with Crippen LogP contribution >= 0.6 is 11.6 Å². The molecule has 0 spiro atoms. The average molecular weight is 457 g/mol. The molecule has 166 valence electrons. The molecule has 2 aromatic heterocycles. The lowest BCUT2D eigenvalue weighted by Gasteiger charge is -2.22. The summed E-state index contributed by atoms with van der Waals surface area (Å²) in [6.07, 6.45) is 6.70. The highest BCUT2D eigenvalue weighted by Crippen LogP contribution is 2.37. The van der Waals surface area contributed by atoms with Crippen LogP contribution in [0.15, 0.2) is 61.1 Å². The molecule has 5 nitrogen and oxygen atoms in total. The Kier molecular flexibility index (Phi) is 6.02. The fraction of sp³-hybridized carbons (Fsp3) is 0.296. The van der Waals surface area contributed by atoms with Gasteiger partial charge in [0.2, 0.25) is 5.91 Å². The van der Waals surface area contributed by atoms with Gasteiger partial charge in [-0.25, -0.2) is 9.97 Å². The van der Waals surface area contributed by atoms with Crippen LogP contribution in [0.25, 0.3) is 21.8 Å². The smallest absolute Gasteiger partial charge is 0.220 e. The van der Waals surface area contributed by atoms with Crippen LogP contribution in [0.2, 0.25) is 5.15 Å². The summed E-state index contributed by atoms with van der Waals surface area (Å²) < 4.78 is 2.21. The fourth-order valence-electron chi connectivity index (χ4n) is 4.88. The van der Waals surface area contributed by atoms with Crippen LogP contribution in [0.4, 0.5) is 0 Å². The van der Waals surface area contributed by atoms with E-state index in [1.165, 1.54) is 11.7 Å². The minimum absolute atomic E-state index is 0.0663. The maximum atomic E-state index is 12.3. The molecule has 0 saturated heterocycles. The van der Waals surface area contributed by atoms with Gasteiger partial charge in [-0.05, 0) is 48.1 Å². The molecule has 0 aliphatic heterocycles. The Hall–Kier alpha value is -3.36. The van der Waals surface area contributed by atoms with Crippen molar-refractivity contribution in [3.8, 4) is 11.8 Å². The summed E-state index contributed by atoms with van der Waals surface area (Å²) in [7, 11) is 0. The van der Waals surface area contributed by atoms with E-state index < -0.39 is 0 Å². The van der Waals surface area contributed by atoms with Crippen molar-refractivity contribution in [1.82, 2.24) is 19.4 Å². The third kappa shape index (κ3) is 4.44. The van der Waals surface area contributed by atoms with Crippen molar-refractivity contribution in [1.29, 1.82) is 0 Å². The fourth-order valence-corrected chi connectivity index (χ4v) is 5.07. The van der Waals surface area contributed by atoms with Crippen LogP contribution in [-0.2, 0) is 4.79 Å². The normalized spacial score (nSPS) is 17.8. The molecule has 2 atom stereocenters. The molecule has 0 bridgehead atoms. The molecule has 6 heteroatoms. The Morgan fingerprint density at radius 3 is 2.85 bits per heavy atom. The monoisotopic (exact) mass is 456 g/mol. The van der Waals surface area contributed by atoms with Crippen LogP contribution in [0.5, 0.6) is 0 Å². The lowest BCUT2D eigenvalue weighted by atomic mass is 10.0. The number of carbonyl (C=O) groups excluding carboxylic acids is 1. The van der Waals surface area contributed by atoms with Gasteiger partial charge in [-0.2, -0.15) is 0 Å². The van der Waals surface area contributed by atoms with Crippen LogP contribution < -0.4 is 0 Å². The molecule has 33 heavy (non-hydrogen) atoms. The van der Waals surface area contributed by atoms with E-state index in [1.54, 1.807) is 6.92 Å². The van der Waals surface area contributed by atoms with Gasteiger partial charge in [0.05, 0.1) is 11.9 Å². The number of halogens is 1. The van der Waals surface area contributed by atoms with E-state index in [2.05, 4.69) is 50.8 Å². The highest BCUT2D eigenvalue weighted by molar-refractivity contribution is 6.33.